The van der Waals surface area contributed by atoms with Crippen molar-refractivity contribution in [2.24, 2.45) is 0 Å². The van der Waals surface area contributed by atoms with E-state index in [0.29, 0.717) is 29.4 Å². The van der Waals surface area contributed by atoms with E-state index in [2.05, 4.69) is 0 Å². The van der Waals surface area contributed by atoms with Crippen molar-refractivity contribution in [3.8, 4) is 17.2 Å². The minimum absolute atomic E-state index is 0.0173. The molecule has 0 bridgehead atoms. The van der Waals surface area contributed by atoms with Crippen molar-refractivity contribution in [3.05, 3.63) is 90.0 Å². The molecule has 0 aliphatic heterocycles. The molecule has 0 spiro atoms. The van der Waals surface area contributed by atoms with E-state index in [4.69, 9.17) is 25.8 Å². The van der Waals surface area contributed by atoms with E-state index in [1.54, 1.807) is 30.3 Å². The Morgan fingerprint density at radius 1 is 0.968 bits per heavy atom. The third-order valence-electron chi connectivity index (χ3n) is 5.24. The summed E-state index contributed by atoms with van der Waals surface area (Å²) in [5.41, 5.74) is -0.319. The Morgan fingerprint density at radius 3 is 2.29 bits per heavy atom. The Bertz CT molecular complexity index is 1050. The molecule has 3 aromatic carbocycles. The maximum Gasteiger partial charge on any atom is 0.321 e. The summed E-state index contributed by atoms with van der Waals surface area (Å²) in [6, 6.07) is 23.3. The second-order valence-corrected chi connectivity index (χ2v) is 7.98. The molecule has 0 radical (unpaired) electrons. The minimum atomic E-state index is -2.17. The summed E-state index contributed by atoms with van der Waals surface area (Å²) in [7, 11) is 0. The molecule has 4 rings (SSSR count). The predicted octanol–water partition coefficient (Wildman–Crippen LogP) is 6.17. The highest BCUT2D eigenvalue weighted by atomic mass is 35.5. The van der Waals surface area contributed by atoms with Crippen LogP contribution >= 0.6 is 11.6 Å². The van der Waals surface area contributed by atoms with E-state index >= 15 is 0 Å². The largest absolute Gasteiger partial charge is 0.494 e. The van der Waals surface area contributed by atoms with Gasteiger partial charge in [-0.05, 0) is 54.4 Å². The molecule has 0 aromatic heterocycles. The highest BCUT2D eigenvalue weighted by Gasteiger charge is 2.75. The summed E-state index contributed by atoms with van der Waals surface area (Å²) in [6.07, 6.45) is -0.133. The van der Waals surface area contributed by atoms with Gasteiger partial charge in [-0.2, -0.15) is 0 Å². The van der Waals surface area contributed by atoms with Crippen LogP contribution in [0.4, 0.5) is 4.39 Å². The van der Waals surface area contributed by atoms with Crippen LogP contribution in [-0.2, 0) is 21.6 Å². The summed E-state index contributed by atoms with van der Waals surface area (Å²) in [4.78, 5) is 12.9. The van der Waals surface area contributed by atoms with Gasteiger partial charge in [0.15, 0.2) is 0 Å². The number of esters is 1. The van der Waals surface area contributed by atoms with Crippen LogP contribution in [0.15, 0.2) is 78.9 Å². The van der Waals surface area contributed by atoms with Crippen LogP contribution in [0, 0.1) is 0 Å². The van der Waals surface area contributed by atoms with E-state index < -0.39 is 16.5 Å². The molecule has 1 aliphatic carbocycles. The minimum Gasteiger partial charge on any atom is -0.494 e. The lowest BCUT2D eigenvalue weighted by atomic mass is 9.95. The van der Waals surface area contributed by atoms with Gasteiger partial charge in [0, 0.05) is 6.42 Å². The van der Waals surface area contributed by atoms with E-state index in [1.165, 1.54) is 0 Å². The number of hydrogen-bond donors (Lipinski definition) is 0. The van der Waals surface area contributed by atoms with Gasteiger partial charge in [0.1, 0.15) is 29.3 Å². The first-order valence-electron chi connectivity index (χ1n) is 10.0. The first-order chi connectivity index (χ1) is 14.9. The second-order valence-electron chi connectivity index (χ2n) is 7.38. The molecule has 0 heterocycles. The van der Waals surface area contributed by atoms with Gasteiger partial charge in [0.25, 0.3) is 0 Å². The number of benzene rings is 3. The fourth-order valence-corrected chi connectivity index (χ4v) is 3.93. The van der Waals surface area contributed by atoms with Crippen molar-refractivity contribution in [2.45, 2.75) is 30.5 Å². The molecular weight excluding hydrogens is 419 g/mol. The Kier molecular flexibility index (Phi) is 5.88. The lowest BCUT2D eigenvalue weighted by Crippen LogP contribution is -2.29. The SMILES string of the molecule is CCOc1ccc([C@@]2(C(=O)OCc3cccc(Oc4ccccc4)c3)C[C@]2(F)Cl)cc1. The maximum absolute atomic E-state index is 14.7. The van der Waals surface area contributed by atoms with Gasteiger partial charge in [0.05, 0.1) is 6.61 Å². The van der Waals surface area contributed by atoms with Gasteiger partial charge >= 0.3 is 5.97 Å². The zero-order valence-corrected chi connectivity index (χ0v) is 17.8. The van der Waals surface area contributed by atoms with Crippen molar-refractivity contribution < 1.29 is 23.4 Å². The fourth-order valence-electron chi connectivity index (χ4n) is 3.54. The zero-order valence-electron chi connectivity index (χ0n) is 17.0. The highest BCUT2D eigenvalue weighted by molar-refractivity contribution is 6.29. The number of ether oxygens (including phenoxy) is 3. The summed E-state index contributed by atoms with van der Waals surface area (Å²) in [5.74, 6) is 1.27. The lowest BCUT2D eigenvalue weighted by Gasteiger charge is -2.17. The van der Waals surface area contributed by atoms with E-state index in [1.807, 2.05) is 55.5 Å². The molecule has 3 aromatic rings. The van der Waals surface area contributed by atoms with Gasteiger partial charge in [-0.15, -0.1) is 0 Å². The molecule has 160 valence electrons. The van der Waals surface area contributed by atoms with Crippen LogP contribution in [0.2, 0.25) is 0 Å². The van der Waals surface area contributed by atoms with E-state index in [-0.39, 0.29) is 13.0 Å². The monoisotopic (exact) mass is 440 g/mol. The van der Waals surface area contributed by atoms with Crippen LogP contribution in [0.3, 0.4) is 0 Å². The molecule has 0 saturated heterocycles. The van der Waals surface area contributed by atoms with Gasteiger partial charge in [-0.25, -0.2) is 4.39 Å². The Balaban J connectivity index is 1.45. The molecule has 1 fully saturated rings. The first kappa shape index (κ1) is 21.2. The van der Waals surface area contributed by atoms with Crippen LogP contribution in [0.1, 0.15) is 24.5 Å². The molecule has 6 heteroatoms. The number of rotatable bonds is 8. The highest BCUT2D eigenvalue weighted by Crippen LogP contribution is 2.64. The van der Waals surface area contributed by atoms with Crippen LogP contribution in [-0.4, -0.2) is 17.7 Å². The van der Waals surface area contributed by atoms with Gasteiger partial charge < -0.3 is 14.2 Å². The van der Waals surface area contributed by atoms with Crippen molar-refractivity contribution >= 4 is 17.6 Å². The zero-order chi connectivity index (χ0) is 21.9. The quantitative estimate of drug-likeness (QED) is 0.310. The van der Waals surface area contributed by atoms with Crippen LogP contribution in [0.5, 0.6) is 17.2 Å². The predicted molar refractivity (Wildman–Crippen MR) is 116 cm³/mol. The van der Waals surface area contributed by atoms with E-state index in [0.717, 1.165) is 5.56 Å². The molecule has 0 N–H and O–H groups in total. The van der Waals surface area contributed by atoms with Gasteiger partial charge in [0.2, 0.25) is 5.13 Å². The molecule has 0 unspecified atom stereocenters. The molecule has 0 amide bonds. The Morgan fingerprint density at radius 2 is 1.65 bits per heavy atom. The standard InChI is InChI=1S/C25H22ClFO4/c1-2-29-20-13-11-19(12-14-20)24(17-25(24,26)27)23(28)30-16-18-7-6-10-22(15-18)31-21-8-4-3-5-9-21/h3-15H,2,16-17H2,1H3/t24-,25-/m1/s1. The number of para-hydroxylation sites is 1. The average molecular weight is 441 g/mol. The molecule has 4 nitrogen and oxygen atoms in total. The second kappa shape index (κ2) is 8.60. The molecule has 2 atom stereocenters. The van der Waals surface area contributed by atoms with Gasteiger partial charge in [-0.3, -0.25) is 4.79 Å². The Labute approximate surface area is 185 Å². The molecular formula is C25H22ClFO4. The fraction of sp³-hybridized carbons (Fsp3) is 0.240. The lowest BCUT2D eigenvalue weighted by molar-refractivity contribution is -0.149. The molecule has 31 heavy (non-hydrogen) atoms. The average Bonchev–Trinajstić information content (AvgIpc) is 3.37. The van der Waals surface area contributed by atoms with Crippen molar-refractivity contribution in [1.29, 1.82) is 0 Å². The smallest absolute Gasteiger partial charge is 0.321 e. The molecule has 1 aliphatic rings. The number of alkyl halides is 2. The van der Waals surface area contributed by atoms with Crippen molar-refractivity contribution in [2.75, 3.05) is 6.61 Å². The third kappa shape index (κ3) is 4.37. The number of carbonyl (C=O) groups excluding carboxylic acids is 1. The van der Waals surface area contributed by atoms with Crippen LogP contribution in [0.25, 0.3) is 0 Å². The topological polar surface area (TPSA) is 44.8 Å². The Hall–Kier alpha value is -3.05. The summed E-state index contributed by atoms with van der Waals surface area (Å²) < 4.78 is 31.4. The summed E-state index contributed by atoms with van der Waals surface area (Å²) >= 11 is 5.97. The number of hydrogen-bond acceptors (Lipinski definition) is 4. The normalized spacial score (nSPS) is 21.9. The van der Waals surface area contributed by atoms with E-state index in [9.17, 15) is 9.18 Å². The van der Waals surface area contributed by atoms with Gasteiger partial charge in [-0.1, -0.05) is 54.1 Å². The van der Waals surface area contributed by atoms with Crippen LogP contribution < -0.4 is 9.47 Å². The summed E-state index contributed by atoms with van der Waals surface area (Å²) in [6.45, 7) is 2.37. The maximum atomic E-state index is 14.7. The third-order valence-corrected chi connectivity index (χ3v) is 5.70. The van der Waals surface area contributed by atoms with Crippen molar-refractivity contribution in [1.82, 2.24) is 0 Å². The van der Waals surface area contributed by atoms with Crippen molar-refractivity contribution in [3.63, 3.8) is 0 Å². The summed E-state index contributed by atoms with van der Waals surface area (Å²) in [5, 5.41) is -2.17. The molecule has 1 saturated carbocycles. The number of halogens is 2. The first-order valence-corrected chi connectivity index (χ1v) is 10.4. The number of carbonyl (C=O) groups is 1.